The molecule has 0 aromatic rings. The highest BCUT2D eigenvalue weighted by molar-refractivity contribution is 5.15. The van der Waals surface area contributed by atoms with Crippen LogP contribution in [0.4, 0.5) is 0 Å². The highest BCUT2D eigenvalue weighted by Crippen LogP contribution is 2.68. The largest absolute Gasteiger partial charge is 0.395 e. The average molecular weight is 479 g/mol. The molecule has 0 saturated heterocycles. The van der Waals surface area contributed by atoms with Crippen molar-refractivity contribution in [1.29, 1.82) is 0 Å². The van der Waals surface area contributed by atoms with E-state index in [1.807, 2.05) is 0 Å². The number of fused-ring (bicyclic) bond motifs is 5. The van der Waals surface area contributed by atoms with Gasteiger partial charge in [-0.3, -0.25) is 5.32 Å². The third kappa shape index (κ3) is 4.98. The molecule has 5 N–H and O–H groups in total. The Hall–Kier alpha value is -0.200. The summed E-state index contributed by atoms with van der Waals surface area (Å²) in [6, 6.07) is 0. The number of aliphatic hydroxyl groups is 2. The van der Waals surface area contributed by atoms with E-state index in [0.717, 1.165) is 36.5 Å². The van der Waals surface area contributed by atoms with Crippen molar-refractivity contribution in [1.82, 2.24) is 5.32 Å². The maximum atomic E-state index is 10.1. The number of hydrogen-bond donors (Lipinski definition) is 4. The van der Waals surface area contributed by atoms with Gasteiger partial charge in [-0.1, -0.05) is 47.0 Å². The van der Waals surface area contributed by atoms with Gasteiger partial charge in [0.2, 0.25) is 6.41 Å². The first-order valence-corrected chi connectivity index (χ1v) is 14.6. The second-order valence-corrected chi connectivity index (χ2v) is 13.5. The highest BCUT2D eigenvalue weighted by Gasteiger charge is 2.63. The van der Waals surface area contributed by atoms with Crippen molar-refractivity contribution in [3.05, 3.63) is 0 Å². The molecular weight excluding hydrogens is 424 g/mol. The number of rotatable bonds is 10. The van der Waals surface area contributed by atoms with Crippen LogP contribution >= 0.6 is 0 Å². The topological polar surface area (TPSA) is 87.7 Å². The number of unbranched alkanes of at least 4 members (excludes halogenated alkanes) is 1. The van der Waals surface area contributed by atoms with Gasteiger partial charge in [-0.2, -0.15) is 0 Å². The van der Waals surface area contributed by atoms with Gasteiger partial charge in [0.15, 0.2) is 0 Å². The third-order valence-corrected chi connectivity index (χ3v) is 11.5. The van der Waals surface area contributed by atoms with Crippen molar-refractivity contribution in [2.24, 2.45) is 46.2 Å². The van der Waals surface area contributed by atoms with Crippen LogP contribution in [0.5, 0.6) is 0 Å². The maximum absolute atomic E-state index is 10.1. The molecule has 4 saturated carbocycles. The van der Waals surface area contributed by atoms with Gasteiger partial charge in [0, 0.05) is 12.1 Å². The van der Waals surface area contributed by atoms with E-state index < -0.39 is 6.41 Å². The van der Waals surface area contributed by atoms with Crippen LogP contribution in [0.15, 0.2) is 0 Å². The standard InChI is InChI=1S/C29H54N2O3/c1-20(2)7-5-6-13-29(30)16-12-25-23-9-8-21-19-22(34-26(33)31-17-18-32)10-14-27(21,3)24(23)11-15-28(25,29)4/h20-26,31-33H,5-19,30H2,1-4H3/t21-,22-,23+,24?,25?,26?,27-,28-,29?/m0/s1. The van der Waals surface area contributed by atoms with Crippen LogP contribution in [0.25, 0.3) is 0 Å². The molecule has 4 fully saturated rings. The smallest absolute Gasteiger partial charge is 0.213 e. The van der Waals surface area contributed by atoms with Gasteiger partial charge in [-0.15, -0.1) is 0 Å². The Kier molecular flexibility index (Phi) is 8.41. The molecule has 5 heteroatoms. The summed E-state index contributed by atoms with van der Waals surface area (Å²) >= 11 is 0. The van der Waals surface area contributed by atoms with Crippen molar-refractivity contribution < 1.29 is 14.9 Å². The predicted octanol–water partition coefficient (Wildman–Crippen LogP) is 5.19. The van der Waals surface area contributed by atoms with Crippen molar-refractivity contribution in [3.8, 4) is 0 Å². The van der Waals surface area contributed by atoms with E-state index in [1.165, 1.54) is 70.6 Å². The van der Waals surface area contributed by atoms with E-state index in [1.54, 1.807) is 0 Å². The first-order chi connectivity index (χ1) is 16.1. The van der Waals surface area contributed by atoms with Crippen molar-refractivity contribution >= 4 is 0 Å². The molecular formula is C29H54N2O3. The van der Waals surface area contributed by atoms with Gasteiger partial charge in [0.05, 0.1) is 12.7 Å². The van der Waals surface area contributed by atoms with E-state index in [-0.39, 0.29) is 18.2 Å². The Morgan fingerprint density at radius 1 is 1.00 bits per heavy atom. The zero-order valence-corrected chi connectivity index (χ0v) is 22.5. The molecule has 0 aromatic heterocycles. The molecule has 198 valence electrons. The maximum Gasteiger partial charge on any atom is 0.213 e. The van der Waals surface area contributed by atoms with Gasteiger partial charge < -0.3 is 20.7 Å². The molecule has 0 radical (unpaired) electrons. The second-order valence-electron chi connectivity index (χ2n) is 13.5. The lowest BCUT2D eigenvalue weighted by Crippen LogP contribution is -2.59. The molecule has 4 rings (SSSR count). The molecule has 0 spiro atoms. The van der Waals surface area contributed by atoms with Crippen LogP contribution in [0.2, 0.25) is 0 Å². The molecule has 4 aliphatic carbocycles. The van der Waals surface area contributed by atoms with Gasteiger partial charge in [0.25, 0.3) is 0 Å². The summed E-state index contributed by atoms with van der Waals surface area (Å²) in [7, 11) is 0. The fourth-order valence-electron chi connectivity index (χ4n) is 9.33. The van der Waals surface area contributed by atoms with Crippen LogP contribution in [-0.2, 0) is 4.74 Å². The summed E-state index contributed by atoms with van der Waals surface area (Å²) in [6.07, 6.45) is 15.5. The first kappa shape index (κ1) is 26.9. The van der Waals surface area contributed by atoms with Gasteiger partial charge in [-0.25, -0.2) is 0 Å². The Balaban J connectivity index is 1.38. The Morgan fingerprint density at radius 3 is 2.50 bits per heavy atom. The van der Waals surface area contributed by atoms with Crippen LogP contribution in [0, 0.1) is 40.4 Å². The number of aliphatic hydroxyl groups excluding tert-OH is 2. The number of nitrogens with one attached hydrogen (secondary N) is 1. The number of nitrogens with two attached hydrogens (primary N) is 1. The zero-order chi connectivity index (χ0) is 24.6. The third-order valence-electron chi connectivity index (χ3n) is 11.5. The van der Waals surface area contributed by atoms with Gasteiger partial charge >= 0.3 is 0 Å². The lowest BCUT2D eigenvalue weighted by atomic mass is 9.44. The molecule has 9 atom stereocenters. The molecule has 0 amide bonds. The summed E-state index contributed by atoms with van der Waals surface area (Å²) in [5, 5.41) is 21.9. The summed E-state index contributed by atoms with van der Waals surface area (Å²) < 4.78 is 5.91. The SMILES string of the molecule is CC(C)CCCCC1(N)CCC2[C@@H]3CC[C@H]4C[C@@H](OC(O)NCCO)CC[C@]4(C)C3CC[C@@]21C. The quantitative estimate of drug-likeness (QED) is 0.256. The molecule has 5 nitrogen and oxygen atoms in total. The average Bonchev–Trinajstić information content (AvgIpc) is 3.06. The molecule has 4 aliphatic rings. The number of hydrogen-bond acceptors (Lipinski definition) is 5. The summed E-state index contributed by atoms with van der Waals surface area (Å²) in [4.78, 5) is 0. The Labute approximate surface area is 209 Å². The molecule has 0 heterocycles. The van der Waals surface area contributed by atoms with E-state index in [2.05, 4.69) is 33.0 Å². The van der Waals surface area contributed by atoms with Crippen LogP contribution in [-0.4, -0.2) is 41.4 Å². The monoisotopic (exact) mass is 478 g/mol. The fourth-order valence-corrected chi connectivity index (χ4v) is 9.33. The van der Waals surface area contributed by atoms with Gasteiger partial charge in [0.1, 0.15) is 0 Å². The van der Waals surface area contributed by atoms with Crippen molar-refractivity contribution in [3.63, 3.8) is 0 Å². The van der Waals surface area contributed by atoms with E-state index in [9.17, 15) is 5.11 Å². The summed E-state index contributed by atoms with van der Waals surface area (Å²) in [6.45, 7) is 10.2. The minimum atomic E-state index is -0.968. The van der Waals surface area contributed by atoms with Crippen LogP contribution in [0.1, 0.15) is 111 Å². The summed E-state index contributed by atoms with van der Waals surface area (Å²) in [5.41, 5.74) is 8.06. The van der Waals surface area contributed by atoms with Crippen molar-refractivity contribution in [2.45, 2.75) is 129 Å². The van der Waals surface area contributed by atoms with E-state index >= 15 is 0 Å². The lowest BCUT2D eigenvalue weighted by molar-refractivity contribution is -0.191. The summed E-state index contributed by atoms with van der Waals surface area (Å²) in [5.74, 6) is 3.97. The Morgan fingerprint density at radius 2 is 1.76 bits per heavy atom. The van der Waals surface area contributed by atoms with Crippen molar-refractivity contribution in [2.75, 3.05) is 13.2 Å². The van der Waals surface area contributed by atoms with Crippen LogP contribution < -0.4 is 11.1 Å². The van der Waals surface area contributed by atoms with Gasteiger partial charge in [-0.05, 0) is 105 Å². The normalized spacial score (nSPS) is 45.0. The van der Waals surface area contributed by atoms with Crippen LogP contribution in [0.3, 0.4) is 0 Å². The fraction of sp³-hybridized carbons (Fsp3) is 1.00. The van der Waals surface area contributed by atoms with E-state index in [0.29, 0.717) is 23.3 Å². The molecule has 0 aromatic carbocycles. The predicted molar refractivity (Wildman–Crippen MR) is 138 cm³/mol. The molecule has 34 heavy (non-hydrogen) atoms. The number of ether oxygens (including phenoxy) is 1. The highest BCUT2D eigenvalue weighted by atomic mass is 16.6. The molecule has 0 aliphatic heterocycles. The Bertz CT molecular complexity index is 674. The van der Waals surface area contributed by atoms with E-state index in [4.69, 9.17) is 15.6 Å². The minimum absolute atomic E-state index is 0.0109. The first-order valence-electron chi connectivity index (χ1n) is 14.6. The molecule has 0 bridgehead atoms. The molecule has 4 unspecified atom stereocenters. The lowest BCUT2D eigenvalue weighted by Gasteiger charge is -2.62. The zero-order valence-electron chi connectivity index (χ0n) is 22.5. The second kappa shape index (κ2) is 10.7. The minimum Gasteiger partial charge on any atom is -0.395 e.